The lowest BCUT2D eigenvalue weighted by Crippen LogP contribution is -2.53. The smallest absolute Gasteiger partial charge is 0.244 e. The largest absolute Gasteiger partial charge is 0.487 e. The summed E-state index contributed by atoms with van der Waals surface area (Å²) in [6.45, 7) is 4.81. The Hall–Kier alpha value is -2.08. The first kappa shape index (κ1) is 18.0. The third-order valence-electron chi connectivity index (χ3n) is 6.82. The van der Waals surface area contributed by atoms with Crippen LogP contribution in [0.3, 0.4) is 0 Å². The molecule has 150 valence electrons. The Kier molecular flexibility index (Phi) is 4.54. The molecule has 6 nitrogen and oxygen atoms in total. The SMILES string of the molecule is CC(=O)N1CCC(N2C[C@@H]3C[C@H]2C(=O)N(CC2CC2)c2ccccc2O3)CC1. The van der Waals surface area contributed by atoms with Crippen LogP contribution in [-0.2, 0) is 9.59 Å². The normalized spacial score (nSPS) is 28.5. The van der Waals surface area contributed by atoms with Crippen LogP contribution in [0.5, 0.6) is 5.75 Å². The molecule has 0 aromatic heterocycles. The van der Waals surface area contributed by atoms with E-state index in [1.165, 1.54) is 12.8 Å². The molecule has 2 saturated heterocycles. The van der Waals surface area contributed by atoms with Crippen LogP contribution in [0.2, 0.25) is 0 Å². The number of rotatable bonds is 3. The van der Waals surface area contributed by atoms with Crippen LogP contribution in [0.4, 0.5) is 5.69 Å². The zero-order valence-corrected chi connectivity index (χ0v) is 16.5. The van der Waals surface area contributed by atoms with Gasteiger partial charge in [0.1, 0.15) is 11.9 Å². The van der Waals surface area contributed by atoms with Crippen LogP contribution in [0, 0.1) is 5.92 Å². The number of likely N-dealkylation sites (tertiary alicyclic amines) is 2. The maximum atomic E-state index is 13.7. The fourth-order valence-electron chi connectivity index (χ4n) is 5.07. The second-order valence-corrected chi connectivity index (χ2v) is 8.79. The lowest BCUT2D eigenvalue weighted by Gasteiger charge is -2.39. The Morgan fingerprint density at radius 1 is 1.14 bits per heavy atom. The number of piperidine rings is 1. The molecule has 0 N–H and O–H groups in total. The number of para-hydroxylation sites is 2. The number of nitrogens with zero attached hydrogens (tertiary/aromatic N) is 3. The first-order valence-electron chi connectivity index (χ1n) is 10.7. The van der Waals surface area contributed by atoms with Crippen LogP contribution < -0.4 is 9.64 Å². The molecule has 3 fully saturated rings. The van der Waals surface area contributed by atoms with Gasteiger partial charge in [0.2, 0.25) is 11.8 Å². The summed E-state index contributed by atoms with van der Waals surface area (Å²) in [4.78, 5) is 31.6. The number of fused-ring (bicyclic) bond motifs is 3. The van der Waals surface area contributed by atoms with E-state index in [4.69, 9.17) is 4.74 Å². The molecule has 0 spiro atoms. The summed E-state index contributed by atoms with van der Waals surface area (Å²) >= 11 is 0. The van der Waals surface area contributed by atoms with E-state index in [0.717, 1.165) is 56.9 Å². The predicted octanol–water partition coefficient (Wildman–Crippen LogP) is 2.28. The zero-order chi connectivity index (χ0) is 19.3. The number of carbonyl (C=O) groups is 2. The van der Waals surface area contributed by atoms with Gasteiger partial charge in [0.05, 0.1) is 11.7 Å². The van der Waals surface area contributed by atoms with Crippen molar-refractivity contribution in [1.82, 2.24) is 9.80 Å². The van der Waals surface area contributed by atoms with Crippen molar-refractivity contribution < 1.29 is 14.3 Å². The van der Waals surface area contributed by atoms with E-state index in [1.54, 1.807) is 6.92 Å². The van der Waals surface area contributed by atoms with Crippen molar-refractivity contribution in [2.24, 2.45) is 5.92 Å². The van der Waals surface area contributed by atoms with Crippen LogP contribution in [0.25, 0.3) is 0 Å². The minimum atomic E-state index is -0.106. The van der Waals surface area contributed by atoms with Crippen LogP contribution in [0.15, 0.2) is 24.3 Å². The molecule has 1 aliphatic carbocycles. The van der Waals surface area contributed by atoms with Gasteiger partial charge in [-0.25, -0.2) is 0 Å². The Balaban J connectivity index is 1.40. The molecular weight excluding hydrogens is 354 g/mol. The monoisotopic (exact) mass is 383 g/mol. The highest BCUT2D eigenvalue weighted by Crippen LogP contribution is 2.40. The lowest BCUT2D eigenvalue weighted by atomic mass is 10.0. The van der Waals surface area contributed by atoms with Crippen LogP contribution >= 0.6 is 0 Å². The second kappa shape index (κ2) is 7.07. The van der Waals surface area contributed by atoms with E-state index < -0.39 is 0 Å². The van der Waals surface area contributed by atoms with E-state index >= 15 is 0 Å². The Morgan fingerprint density at radius 2 is 1.89 bits per heavy atom. The van der Waals surface area contributed by atoms with E-state index in [2.05, 4.69) is 4.90 Å². The molecule has 1 aromatic rings. The van der Waals surface area contributed by atoms with Gasteiger partial charge in [0.25, 0.3) is 0 Å². The molecule has 3 heterocycles. The number of amides is 2. The minimum absolute atomic E-state index is 0.0593. The fourth-order valence-corrected chi connectivity index (χ4v) is 5.07. The van der Waals surface area contributed by atoms with Crippen molar-refractivity contribution in [3.8, 4) is 5.75 Å². The summed E-state index contributed by atoms with van der Waals surface area (Å²) in [6, 6.07) is 8.25. The van der Waals surface area contributed by atoms with Crippen molar-refractivity contribution in [3.05, 3.63) is 24.3 Å². The standard InChI is InChI=1S/C22H29N3O3/c1-15(26)23-10-8-17(9-11-23)24-14-18-12-20(24)22(27)25(13-16-6-7-16)19-4-2-3-5-21(19)28-18/h2-5,16-18,20H,6-14H2,1H3/t18-,20-/m0/s1. The maximum Gasteiger partial charge on any atom is 0.244 e. The highest BCUT2D eigenvalue weighted by Gasteiger charge is 2.46. The summed E-state index contributed by atoms with van der Waals surface area (Å²) in [5.41, 5.74) is 0.933. The van der Waals surface area contributed by atoms with Crippen molar-refractivity contribution in [2.75, 3.05) is 31.1 Å². The first-order valence-corrected chi connectivity index (χ1v) is 10.7. The molecule has 1 aromatic carbocycles. The fraction of sp³-hybridized carbons (Fsp3) is 0.636. The van der Waals surface area contributed by atoms with Gasteiger partial charge >= 0.3 is 0 Å². The predicted molar refractivity (Wildman–Crippen MR) is 106 cm³/mol. The molecule has 4 aliphatic rings. The number of hydrogen-bond donors (Lipinski definition) is 0. The number of benzene rings is 1. The van der Waals surface area contributed by atoms with Gasteiger partial charge in [0, 0.05) is 45.6 Å². The summed E-state index contributed by atoms with van der Waals surface area (Å²) in [7, 11) is 0. The molecule has 5 rings (SSSR count). The number of ether oxygens (including phenoxy) is 1. The van der Waals surface area contributed by atoms with Crippen LogP contribution in [0.1, 0.15) is 39.0 Å². The Labute approximate surface area is 166 Å². The maximum absolute atomic E-state index is 13.7. The van der Waals surface area contributed by atoms with Gasteiger partial charge in [0.15, 0.2) is 0 Å². The van der Waals surface area contributed by atoms with E-state index in [9.17, 15) is 9.59 Å². The molecule has 2 bridgehead atoms. The lowest BCUT2D eigenvalue weighted by molar-refractivity contribution is -0.131. The molecule has 6 heteroatoms. The van der Waals surface area contributed by atoms with Crippen molar-refractivity contribution in [3.63, 3.8) is 0 Å². The van der Waals surface area contributed by atoms with Crippen molar-refractivity contribution >= 4 is 17.5 Å². The van der Waals surface area contributed by atoms with Gasteiger partial charge in [-0.05, 0) is 43.7 Å². The number of hydrogen-bond acceptors (Lipinski definition) is 4. The highest BCUT2D eigenvalue weighted by atomic mass is 16.5. The van der Waals surface area contributed by atoms with E-state index in [1.807, 2.05) is 34.1 Å². The average molecular weight is 383 g/mol. The van der Waals surface area contributed by atoms with Crippen molar-refractivity contribution in [1.29, 1.82) is 0 Å². The molecule has 0 unspecified atom stereocenters. The molecule has 28 heavy (non-hydrogen) atoms. The molecular formula is C22H29N3O3. The molecule has 1 saturated carbocycles. The van der Waals surface area contributed by atoms with Gasteiger partial charge in [-0.2, -0.15) is 0 Å². The van der Waals surface area contributed by atoms with Crippen LogP contribution in [-0.4, -0.2) is 66.0 Å². The average Bonchev–Trinajstić information content (AvgIpc) is 3.42. The third kappa shape index (κ3) is 3.28. The van der Waals surface area contributed by atoms with Gasteiger partial charge in [-0.15, -0.1) is 0 Å². The topological polar surface area (TPSA) is 53.1 Å². The molecule has 2 amide bonds. The highest BCUT2D eigenvalue weighted by molar-refractivity contribution is 5.99. The summed E-state index contributed by atoms with van der Waals surface area (Å²) in [6.07, 6.45) is 5.13. The third-order valence-corrected chi connectivity index (χ3v) is 6.82. The quantitative estimate of drug-likeness (QED) is 0.804. The molecule has 0 radical (unpaired) electrons. The molecule has 3 aliphatic heterocycles. The number of anilines is 1. The van der Waals surface area contributed by atoms with Gasteiger partial charge < -0.3 is 14.5 Å². The summed E-state index contributed by atoms with van der Waals surface area (Å²) in [5, 5.41) is 0. The van der Waals surface area contributed by atoms with Gasteiger partial charge in [-0.1, -0.05) is 12.1 Å². The van der Waals surface area contributed by atoms with Crippen molar-refractivity contribution in [2.45, 2.75) is 57.2 Å². The number of carbonyl (C=O) groups excluding carboxylic acids is 2. The van der Waals surface area contributed by atoms with Gasteiger partial charge in [-0.3, -0.25) is 14.5 Å². The second-order valence-electron chi connectivity index (χ2n) is 8.79. The molecule has 2 atom stereocenters. The summed E-state index contributed by atoms with van der Waals surface area (Å²) in [5.74, 6) is 1.85. The van der Waals surface area contributed by atoms with E-state index in [-0.39, 0.29) is 24.0 Å². The minimum Gasteiger partial charge on any atom is -0.487 e. The van der Waals surface area contributed by atoms with E-state index in [0.29, 0.717) is 12.0 Å². The zero-order valence-electron chi connectivity index (χ0n) is 16.5. The Bertz CT molecular complexity index is 770. The summed E-state index contributed by atoms with van der Waals surface area (Å²) < 4.78 is 6.39. The first-order chi connectivity index (χ1) is 13.6. The Morgan fingerprint density at radius 3 is 2.61 bits per heavy atom.